The number of carbonyl (C=O) groups excluding carboxylic acids is 1. The molecule has 3 aromatic heterocycles. The third-order valence-corrected chi connectivity index (χ3v) is 4.77. The highest BCUT2D eigenvalue weighted by Gasteiger charge is 2.19. The van der Waals surface area contributed by atoms with Crippen LogP contribution in [0.2, 0.25) is 0 Å². The van der Waals surface area contributed by atoms with Crippen molar-refractivity contribution in [3.8, 4) is 16.9 Å². The van der Waals surface area contributed by atoms with E-state index in [0.29, 0.717) is 26.2 Å². The number of aromatic nitrogens is 4. The maximum atomic E-state index is 12.7. The maximum absolute atomic E-state index is 12.7. The molecule has 1 N–H and O–H groups in total. The van der Waals surface area contributed by atoms with Crippen LogP contribution in [0.5, 0.6) is 5.75 Å². The lowest BCUT2D eigenvalue weighted by molar-refractivity contribution is 0.0731. The van der Waals surface area contributed by atoms with E-state index in [-0.39, 0.29) is 11.6 Å². The molecule has 4 heterocycles. The Hall–Kier alpha value is -3.88. The predicted molar refractivity (Wildman–Crippen MR) is 105 cm³/mol. The van der Waals surface area contributed by atoms with Crippen molar-refractivity contribution in [3.05, 3.63) is 61.1 Å². The van der Waals surface area contributed by atoms with Gasteiger partial charge in [-0.25, -0.2) is 14.5 Å². The maximum Gasteiger partial charge on any atom is 0.275 e. The Morgan fingerprint density at radius 3 is 3.07 bits per heavy atom. The van der Waals surface area contributed by atoms with Gasteiger partial charge in [0.2, 0.25) is 0 Å². The molecule has 4 bridgehead atoms. The molecule has 0 spiro atoms. The number of ether oxygens (including phenoxy) is 1. The average Bonchev–Trinajstić information content (AvgIpc) is 3.42. The number of fused-ring (bicyclic) bond motifs is 4. The second-order valence-electron chi connectivity index (χ2n) is 6.61. The zero-order valence-electron chi connectivity index (χ0n) is 15.5. The minimum Gasteiger partial charge on any atom is -0.492 e. The van der Waals surface area contributed by atoms with Crippen LogP contribution in [0.1, 0.15) is 10.5 Å². The molecular weight excluding hydrogens is 372 g/mol. The van der Waals surface area contributed by atoms with Gasteiger partial charge in [0.05, 0.1) is 12.7 Å². The fraction of sp³-hybridized carbons (Fsp3) is 0.200. The highest BCUT2D eigenvalue weighted by molar-refractivity contribution is 5.91. The smallest absolute Gasteiger partial charge is 0.275 e. The Labute approximate surface area is 165 Å². The Morgan fingerprint density at radius 1 is 1.21 bits per heavy atom. The molecule has 0 unspecified atom stereocenters. The van der Waals surface area contributed by atoms with E-state index >= 15 is 0 Å². The number of benzene rings is 1. The Bertz CT molecular complexity index is 1150. The van der Waals surface area contributed by atoms with Crippen LogP contribution in [0, 0.1) is 0 Å². The van der Waals surface area contributed by atoms with Crippen LogP contribution in [0.4, 0.5) is 5.82 Å². The van der Waals surface area contributed by atoms with Gasteiger partial charge < -0.3 is 19.4 Å². The van der Waals surface area contributed by atoms with Crippen molar-refractivity contribution in [1.29, 1.82) is 0 Å². The normalized spacial score (nSPS) is 14.3. The van der Waals surface area contributed by atoms with Crippen LogP contribution in [0.15, 0.2) is 59.8 Å². The summed E-state index contributed by atoms with van der Waals surface area (Å²) in [7, 11) is 0. The van der Waals surface area contributed by atoms with E-state index in [1.54, 1.807) is 15.6 Å². The minimum atomic E-state index is -0.202. The molecule has 146 valence electrons. The number of oxazole rings is 1. The van der Waals surface area contributed by atoms with Crippen molar-refractivity contribution in [2.75, 3.05) is 31.6 Å². The second kappa shape index (κ2) is 7.27. The van der Waals surface area contributed by atoms with Gasteiger partial charge in [0.25, 0.3) is 5.91 Å². The molecule has 0 aliphatic carbocycles. The molecule has 5 rings (SSSR count). The quantitative estimate of drug-likeness (QED) is 0.533. The Morgan fingerprint density at radius 2 is 2.17 bits per heavy atom. The molecule has 4 aromatic rings. The van der Waals surface area contributed by atoms with Gasteiger partial charge in [-0.05, 0) is 23.8 Å². The highest BCUT2D eigenvalue weighted by atomic mass is 16.5. The van der Waals surface area contributed by atoms with E-state index in [1.165, 1.54) is 12.7 Å². The Kier molecular flexibility index (Phi) is 4.32. The number of hydrogen-bond acceptors (Lipinski definition) is 7. The van der Waals surface area contributed by atoms with E-state index in [9.17, 15) is 4.79 Å². The van der Waals surface area contributed by atoms with Crippen molar-refractivity contribution in [1.82, 2.24) is 24.5 Å². The molecule has 0 saturated carbocycles. The van der Waals surface area contributed by atoms with E-state index in [2.05, 4.69) is 15.4 Å². The fourth-order valence-corrected chi connectivity index (χ4v) is 3.31. The molecule has 0 atom stereocenters. The molecule has 0 saturated heterocycles. The zero-order valence-corrected chi connectivity index (χ0v) is 15.5. The number of hydrogen-bond donors (Lipinski definition) is 1. The van der Waals surface area contributed by atoms with Gasteiger partial charge in [0, 0.05) is 24.8 Å². The van der Waals surface area contributed by atoms with Gasteiger partial charge in [-0.1, -0.05) is 12.1 Å². The summed E-state index contributed by atoms with van der Waals surface area (Å²) in [5, 5.41) is 7.66. The van der Waals surface area contributed by atoms with Crippen LogP contribution >= 0.6 is 0 Å². The van der Waals surface area contributed by atoms with Gasteiger partial charge in [0.1, 0.15) is 24.4 Å². The summed E-state index contributed by atoms with van der Waals surface area (Å²) >= 11 is 0. The molecular formula is C20H18N6O3. The molecule has 0 radical (unpaired) electrons. The predicted octanol–water partition coefficient (Wildman–Crippen LogP) is 2.33. The van der Waals surface area contributed by atoms with Gasteiger partial charge in [-0.3, -0.25) is 4.79 Å². The standard InChI is InChI=1S/C20H18N6O3/c27-20(17-12-28-13-22-17)25-7-5-21-18-4-6-26-19(24-18)16(11-23-26)14-2-1-3-15(10-14)29-9-8-25/h1-4,6,10-13H,5,7-9H2,(H,21,24). The molecule has 1 aliphatic rings. The molecule has 29 heavy (non-hydrogen) atoms. The topological polar surface area (TPSA) is 97.8 Å². The average molecular weight is 390 g/mol. The number of amides is 1. The summed E-state index contributed by atoms with van der Waals surface area (Å²) < 4.78 is 12.6. The lowest BCUT2D eigenvalue weighted by atomic mass is 10.1. The SMILES string of the molecule is O=C(c1cocn1)N1CCNc2ccn3ncc(c3n2)-c2cccc(c2)OCC1. The molecule has 9 heteroatoms. The van der Waals surface area contributed by atoms with Crippen LogP contribution < -0.4 is 10.1 Å². The third-order valence-electron chi connectivity index (χ3n) is 4.77. The summed E-state index contributed by atoms with van der Waals surface area (Å²) in [5.41, 5.74) is 2.92. The first kappa shape index (κ1) is 17.2. The minimum absolute atomic E-state index is 0.202. The fourth-order valence-electron chi connectivity index (χ4n) is 3.31. The van der Waals surface area contributed by atoms with E-state index < -0.39 is 0 Å². The van der Waals surface area contributed by atoms with Crippen molar-refractivity contribution in [2.45, 2.75) is 0 Å². The second-order valence-corrected chi connectivity index (χ2v) is 6.61. The highest BCUT2D eigenvalue weighted by Crippen LogP contribution is 2.27. The van der Waals surface area contributed by atoms with Gasteiger partial charge in [-0.15, -0.1) is 0 Å². The van der Waals surface area contributed by atoms with Crippen molar-refractivity contribution in [3.63, 3.8) is 0 Å². The van der Waals surface area contributed by atoms with E-state index in [4.69, 9.17) is 14.1 Å². The van der Waals surface area contributed by atoms with E-state index in [0.717, 1.165) is 28.3 Å². The summed E-state index contributed by atoms with van der Waals surface area (Å²) in [4.78, 5) is 23.1. The first-order chi connectivity index (χ1) is 14.3. The zero-order chi connectivity index (χ0) is 19.6. The van der Waals surface area contributed by atoms with Crippen LogP contribution in [-0.2, 0) is 0 Å². The van der Waals surface area contributed by atoms with E-state index in [1.807, 2.05) is 36.5 Å². The summed E-state index contributed by atoms with van der Waals surface area (Å²) in [6.45, 7) is 1.78. The largest absolute Gasteiger partial charge is 0.492 e. The van der Waals surface area contributed by atoms with Gasteiger partial charge >= 0.3 is 0 Å². The monoisotopic (exact) mass is 390 g/mol. The lowest BCUT2D eigenvalue weighted by Crippen LogP contribution is -2.38. The number of nitrogens with zero attached hydrogens (tertiary/aromatic N) is 5. The van der Waals surface area contributed by atoms with Crippen LogP contribution in [-0.4, -0.2) is 56.6 Å². The lowest BCUT2D eigenvalue weighted by Gasteiger charge is -2.22. The van der Waals surface area contributed by atoms with Crippen molar-refractivity contribution >= 4 is 17.4 Å². The summed E-state index contributed by atoms with van der Waals surface area (Å²) in [6.07, 6.45) is 6.26. The number of carbonyl (C=O) groups is 1. The summed E-state index contributed by atoms with van der Waals surface area (Å²) in [6, 6.07) is 9.64. The first-order valence-corrected chi connectivity index (χ1v) is 9.27. The molecule has 1 aliphatic heterocycles. The van der Waals surface area contributed by atoms with Crippen molar-refractivity contribution < 1.29 is 13.9 Å². The third kappa shape index (κ3) is 3.38. The molecule has 1 aromatic carbocycles. The number of nitrogens with one attached hydrogen (secondary N) is 1. The summed E-state index contributed by atoms with van der Waals surface area (Å²) in [5.74, 6) is 1.24. The van der Waals surface area contributed by atoms with Crippen LogP contribution in [0.25, 0.3) is 16.8 Å². The number of rotatable bonds is 1. The van der Waals surface area contributed by atoms with Gasteiger partial charge in [-0.2, -0.15) is 5.10 Å². The first-order valence-electron chi connectivity index (χ1n) is 9.27. The molecule has 1 amide bonds. The molecule has 0 fully saturated rings. The molecule has 9 nitrogen and oxygen atoms in total. The van der Waals surface area contributed by atoms with Gasteiger partial charge in [0.15, 0.2) is 17.7 Å². The van der Waals surface area contributed by atoms with Crippen molar-refractivity contribution in [2.24, 2.45) is 0 Å². The number of anilines is 1. The van der Waals surface area contributed by atoms with Crippen LogP contribution in [0.3, 0.4) is 0 Å². The Balaban J connectivity index is 1.49.